The summed E-state index contributed by atoms with van der Waals surface area (Å²) in [5.41, 5.74) is 7.79. The minimum Gasteiger partial charge on any atom is -0.472 e. The Morgan fingerprint density at radius 2 is 2.10 bits per heavy atom. The second kappa shape index (κ2) is 5.97. The van der Waals surface area contributed by atoms with E-state index in [1.165, 1.54) is 29.9 Å². The van der Waals surface area contributed by atoms with Crippen LogP contribution in [-0.2, 0) is 16.6 Å². The maximum atomic E-state index is 12.5. The number of sulfonamides is 1. The average Bonchev–Trinajstić information content (AvgIpc) is 2.90. The van der Waals surface area contributed by atoms with E-state index < -0.39 is 10.0 Å². The van der Waals surface area contributed by atoms with Crippen LogP contribution in [0.25, 0.3) is 0 Å². The molecule has 0 unspecified atom stereocenters. The van der Waals surface area contributed by atoms with Crippen molar-refractivity contribution in [1.82, 2.24) is 4.31 Å². The molecule has 2 aromatic rings. The van der Waals surface area contributed by atoms with Crippen LogP contribution < -0.4 is 5.73 Å². The lowest BCUT2D eigenvalue weighted by atomic mass is 10.1. The van der Waals surface area contributed by atoms with Gasteiger partial charge in [0.25, 0.3) is 0 Å². The number of hydrogen-bond donors (Lipinski definition) is 1. The molecule has 0 saturated heterocycles. The highest BCUT2D eigenvalue weighted by Gasteiger charge is 2.22. The molecule has 0 saturated carbocycles. The Hall–Kier alpha value is -1.70. The normalized spacial score (nSPS) is 11.8. The molecule has 1 aromatic carbocycles. The number of nitrogens with two attached hydrogens (primary N) is 1. The van der Waals surface area contributed by atoms with Crippen LogP contribution in [0.5, 0.6) is 0 Å². The Bertz CT molecular complexity index is 753. The lowest BCUT2D eigenvalue weighted by molar-refractivity contribution is 0.463. The van der Waals surface area contributed by atoms with Gasteiger partial charge in [0.05, 0.1) is 17.4 Å². The van der Waals surface area contributed by atoms with E-state index in [0.717, 1.165) is 11.1 Å². The van der Waals surface area contributed by atoms with E-state index in [4.69, 9.17) is 22.4 Å². The van der Waals surface area contributed by atoms with E-state index in [9.17, 15) is 8.42 Å². The van der Waals surface area contributed by atoms with Crippen molar-refractivity contribution in [2.75, 3.05) is 7.05 Å². The minimum atomic E-state index is -3.57. The molecule has 0 bridgehead atoms. The fourth-order valence-corrected chi connectivity index (χ4v) is 3.45. The van der Waals surface area contributed by atoms with Crippen LogP contribution in [0.1, 0.15) is 16.7 Å². The highest BCUT2D eigenvalue weighted by atomic mass is 32.2. The first-order valence-electron chi connectivity index (χ1n) is 6.20. The Morgan fingerprint density at radius 3 is 2.62 bits per heavy atom. The largest absolute Gasteiger partial charge is 0.472 e. The van der Waals surface area contributed by atoms with Crippen molar-refractivity contribution in [1.29, 1.82) is 0 Å². The van der Waals surface area contributed by atoms with Crippen molar-refractivity contribution in [2.45, 2.75) is 18.4 Å². The molecule has 0 amide bonds. The van der Waals surface area contributed by atoms with Gasteiger partial charge in [-0.25, -0.2) is 8.42 Å². The second-order valence-electron chi connectivity index (χ2n) is 4.73. The molecule has 0 aliphatic carbocycles. The third-order valence-electron chi connectivity index (χ3n) is 3.16. The van der Waals surface area contributed by atoms with E-state index in [-0.39, 0.29) is 16.4 Å². The molecule has 0 fully saturated rings. The number of thiocarbonyl (C=S) groups is 1. The van der Waals surface area contributed by atoms with Crippen molar-refractivity contribution in [3.05, 3.63) is 53.5 Å². The van der Waals surface area contributed by atoms with Crippen LogP contribution in [-0.4, -0.2) is 24.8 Å². The Labute approximate surface area is 129 Å². The molecule has 112 valence electrons. The number of rotatable bonds is 5. The van der Waals surface area contributed by atoms with Gasteiger partial charge in [0, 0.05) is 24.7 Å². The van der Waals surface area contributed by atoms with E-state index in [1.54, 1.807) is 25.1 Å². The van der Waals surface area contributed by atoms with E-state index in [1.807, 2.05) is 0 Å². The molecule has 0 radical (unpaired) electrons. The fourth-order valence-electron chi connectivity index (χ4n) is 1.98. The highest BCUT2D eigenvalue weighted by Crippen LogP contribution is 2.20. The van der Waals surface area contributed by atoms with E-state index in [0.29, 0.717) is 5.56 Å². The average molecular weight is 324 g/mol. The molecule has 1 heterocycles. The first-order valence-corrected chi connectivity index (χ1v) is 8.05. The molecule has 7 heteroatoms. The van der Waals surface area contributed by atoms with Crippen LogP contribution in [0.4, 0.5) is 0 Å². The van der Waals surface area contributed by atoms with Gasteiger partial charge in [0.15, 0.2) is 0 Å². The Kier molecular flexibility index (Phi) is 4.46. The van der Waals surface area contributed by atoms with Crippen LogP contribution in [0.2, 0.25) is 0 Å². The smallest absolute Gasteiger partial charge is 0.243 e. The first kappa shape index (κ1) is 15.7. The topological polar surface area (TPSA) is 76.5 Å². The summed E-state index contributed by atoms with van der Waals surface area (Å²) in [6.07, 6.45) is 3.03. The van der Waals surface area contributed by atoms with Crippen LogP contribution >= 0.6 is 12.2 Å². The summed E-state index contributed by atoms with van der Waals surface area (Å²) in [6.45, 7) is 2.03. The number of benzene rings is 1. The van der Waals surface area contributed by atoms with Gasteiger partial charge in [0.2, 0.25) is 10.0 Å². The summed E-state index contributed by atoms with van der Waals surface area (Å²) in [5, 5.41) is 0. The molecule has 2 N–H and O–H groups in total. The van der Waals surface area contributed by atoms with Gasteiger partial charge >= 0.3 is 0 Å². The SMILES string of the molecule is Cc1cc(S(=O)(=O)N(C)Cc2ccoc2)ccc1C(N)=S. The molecule has 0 atom stereocenters. The third-order valence-corrected chi connectivity index (χ3v) is 5.18. The zero-order valence-electron chi connectivity index (χ0n) is 11.7. The highest BCUT2D eigenvalue weighted by molar-refractivity contribution is 7.89. The van der Waals surface area contributed by atoms with Crippen molar-refractivity contribution < 1.29 is 12.8 Å². The first-order chi connectivity index (χ1) is 9.82. The number of nitrogens with zero attached hydrogens (tertiary/aromatic N) is 1. The summed E-state index contributed by atoms with van der Waals surface area (Å²) in [4.78, 5) is 0.467. The zero-order chi connectivity index (χ0) is 15.6. The predicted molar refractivity (Wildman–Crippen MR) is 84.4 cm³/mol. The van der Waals surface area contributed by atoms with Crippen LogP contribution in [0, 0.1) is 6.92 Å². The van der Waals surface area contributed by atoms with Gasteiger partial charge in [-0.1, -0.05) is 18.3 Å². The van der Waals surface area contributed by atoms with Gasteiger partial charge in [-0.2, -0.15) is 4.31 Å². The van der Waals surface area contributed by atoms with Gasteiger partial charge in [-0.15, -0.1) is 0 Å². The summed E-state index contributed by atoms with van der Waals surface area (Å²) >= 11 is 4.92. The Balaban J connectivity index is 2.31. The summed E-state index contributed by atoms with van der Waals surface area (Å²) in [5.74, 6) is 0. The van der Waals surface area contributed by atoms with E-state index >= 15 is 0 Å². The second-order valence-corrected chi connectivity index (χ2v) is 7.22. The lowest BCUT2D eigenvalue weighted by Gasteiger charge is -2.17. The zero-order valence-corrected chi connectivity index (χ0v) is 13.4. The lowest BCUT2D eigenvalue weighted by Crippen LogP contribution is -2.26. The van der Waals surface area contributed by atoms with Crippen molar-refractivity contribution in [3.63, 3.8) is 0 Å². The maximum absolute atomic E-state index is 12.5. The van der Waals surface area contributed by atoms with Crippen LogP contribution in [0.3, 0.4) is 0 Å². The van der Waals surface area contributed by atoms with Crippen molar-refractivity contribution in [2.24, 2.45) is 5.73 Å². The third kappa shape index (κ3) is 3.31. The number of hydrogen-bond acceptors (Lipinski definition) is 4. The monoisotopic (exact) mass is 324 g/mol. The standard InChI is InChI=1S/C14H16N2O3S2/c1-10-7-12(3-4-13(10)14(15)20)21(17,18)16(2)8-11-5-6-19-9-11/h3-7,9H,8H2,1-2H3,(H2,15,20). The molecular weight excluding hydrogens is 308 g/mol. The predicted octanol–water partition coefficient (Wildman–Crippen LogP) is 2.04. The van der Waals surface area contributed by atoms with Crippen molar-refractivity contribution in [3.8, 4) is 0 Å². The van der Waals surface area contributed by atoms with Gasteiger partial charge < -0.3 is 10.2 Å². The maximum Gasteiger partial charge on any atom is 0.243 e. The Morgan fingerprint density at radius 1 is 1.38 bits per heavy atom. The molecular formula is C14H16N2O3S2. The molecule has 1 aromatic heterocycles. The van der Waals surface area contributed by atoms with Gasteiger partial charge in [-0.3, -0.25) is 0 Å². The van der Waals surface area contributed by atoms with Gasteiger partial charge in [0.1, 0.15) is 4.99 Å². The molecule has 2 rings (SSSR count). The molecule has 0 aliphatic rings. The summed E-state index contributed by atoms with van der Waals surface area (Å²) in [7, 11) is -2.05. The summed E-state index contributed by atoms with van der Waals surface area (Å²) in [6, 6.07) is 6.46. The number of furan rings is 1. The quantitative estimate of drug-likeness (QED) is 0.852. The molecule has 21 heavy (non-hydrogen) atoms. The molecule has 0 aliphatic heterocycles. The minimum absolute atomic E-state index is 0.214. The van der Waals surface area contributed by atoms with Crippen molar-refractivity contribution >= 4 is 27.2 Å². The molecule has 5 nitrogen and oxygen atoms in total. The van der Waals surface area contributed by atoms with E-state index in [2.05, 4.69) is 0 Å². The molecule has 0 spiro atoms. The van der Waals surface area contributed by atoms with Crippen LogP contribution in [0.15, 0.2) is 46.1 Å². The van der Waals surface area contributed by atoms with Gasteiger partial charge in [-0.05, 0) is 30.7 Å². The number of aryl methyl sites for hydroxylation is 1. The summed E-state index contributed by atoms with van der Waals surface area (Å²) < 4.78 is 31.3. The fraction of sp³-hybridized carbons (Fsp3) is 0.214.